The van der Waals surface area contributed by atoms with Crippen molar-refractivity contribution in [2.45, 2.75) is 5.22 Å². The van der Waals surface area contributed by atoms with Crippen molar-refractivity contribution in [1.82, 2.24) is 10.2 Å². The number of aromatic nitrogens is 2. The Balaban J connectivity index is 1.45. The minimum atomic E-state index is -0.0987. The van der Waals surface area contributed by atoms with Crippen molar-refractivity contribution in [1.29, 1.82) is 0 Å². The number of rotatable bonds is 5. The zero-order chi connectivity index (χ0) is 17.2. The van der Waals surface area contributed by atoms with E-state index in [1.54, 1.807) is 36.4 Å². The summed E-state index contributed by atoms with van der Waals surface area (Å²) in [5.41, 5.74) is 1.20. The highest BCUT2D eigenvalue weighted by Crippen LogP contribution is 2.36. The fraction of sp³-hybridized carbons (Fsp3) is 0.118. The first-order chi connectivity index (χ1) is 12.2. The third-order valence-electron chi connectivity index (χ3n) is 3.53. The fourth-order valence-electron chi connectivity index (χ4n) is 2.31. The number of ketones is 1. The lowest BCUT2D eigenvalue weighted by atomic mass is 10.1. The van der Waals surface area contributed by atoms with E-state index in [9.17, 15) is 4.79 Å². The van der Waals surface area contributed by atoms with Crippen molar-refractivity contribution in [3.8, 4) is 23.0 Å². The maximum Gasteiger partial charge on any atom is 0.277 e. The van der Waals surface area contributed by atoms with Crippen molar-refractivity contribution in [3.63, 3.8) is 0 Å². The van der Waals surface area contributed by atoms with E-state index in [0.29, 0.717) is 33.2 Å². The van der Waals surface area contributed by atoms with Crippen LogP contribution in [0.4, 0.5) is 0 Å². The molecule has 8 heteroatoms. The lowest BCUT2D eigenvalue weighted by molar-refractivity contribution is 0.102. The fourth-order valence-corrected chi connectivity index (χ4v) is 3.19. The highest BCUT2D eigenvalue weighted by atomic mass is 35.5. The Morgan fingerprint density at radius 1 is 1.12 bits per heavy atom. The van der Waals surface area contributed by atoms with Gasteiger partial charge in [-0.05, 0) is 30.3 Å². The molecule has 6 nitrogen and oxygen atoms in total. The van der Waals surface area contributed by atoms with Crippen LogP contribution in [0, 0.1) is 0 Å². The topological polar surface area (TPSA) is 74.5 Å². The largest absolute Gasteiger partial charge is 0.454 e. The van der Waals surface area contributed by atoms with Gasteiger partial charge >= 0.3 is 0 Å². The van der Waals surface area contributed by atoms with Gasteiger partial charge < -0.3 is 13.9 Å². The lowest BCUT2D eigenvalue weighted by Crippen LogP contribution is -2.02. The van der Waals surface area contributed by atoms with E-state index < -0.39 is 0 Å². The van der Waals surface area contributed by atoms with E-state index >= 15 is 0 Å². The predicted octanol–water partition coefficient (Wildman–Crippen LogP) is 4.09. The molecular weight excluding hydrogens is 364 g/mol. The summed E-state index contributed by atoms with van der Waals surface area (Å²) in [7, 11) is 0. The van der Waals surface area contributed by atoms with Crippen molar-refractivity contribution in [3.05, 3.63) is 53.1 Å². The van der Waals surface area contributed by atoms with Gasteiger partial charge in [-0.25, -0.2) is 0 Å². The number of carbonyl (C=O) groups excluding carboxylic acids is 1. The van der Waals surface area contributed by atoms with E-state index in [-0.39, 0.29) is 18.3 Å². The number of thioether (sulfide) groups is 1. The second kappa shape index (κ2) is 6.78. The summed E-state index contributed by atoms with van der Waals surface area (Å²) in [5.74, 6) is 1.73. The van der Waals surface area contributed by atoms with Crippen molar-refractivity contribution < 1.29 is 18.7 Å². The Hall–Kier alpha value is -2.51. The molecule has 25 heavy (non-hydrogen) atoms. The summed E-state index contributed by atoms with van der Waals surface area (Å²) >= 11 is 7.20. The number of carbonyl (C=O) groups is 1. The minimum absolute atomic E-state index is 0.0987. The van der Waals surface area contributed by atoms with Gasteiger partial charge in [-0.2, -0.15) is 0 Å². The van der Waals surface area contributed by atoms with E-state index in [1.165, 1.54) is 11.8 Å². The van der Waals surface area contributed by atoms with Crippen molar-refractivity contribution in [2.75, 3.05) is 12.5 Å². The molecule has 0 saturated carbocycles. The van der Waals surface area contributed by atoms with E-state index in [4.69, 9.17) is 25.5 Å². The van der Waals surface area contributed by atoms with Crippen LogP contribution >= 0.6 is 23.4 Å². The highest BCUT2D eigenvalue weighted by Gasteiger charge is 2.18. The normalized spacial score (nSPS) is 12.4. The molecule has 0 atom stereocenters. The second-order valence-corrected chi connectivity index (χ2v) is 6.47. The average Bonchev–Trinajstić information content (AvgIpc) is 3.28. The molecule has 0 spiro atoms. The molecule has 4 rings (SSSR count). The summed E-state index contributed by atoms with van der Waals surface area (Å²) in [6, 6.07) is 12.3. The SMILES string of the molecule is O=C(CSc1nnc(-c2ccc3c(c2)OCO3)o1)c1ccccc1Cl. The Bertz CT molecular complexity index is 944. The number of hydrogen-bond acceptors (Lipinski definition) is 7. The molecule has 0 fully saturated rings. The molecule has 1 aliphatic heterocycles. The highest BCUT2D eigenvalue weighted by molar-refractivity contribution is 7.99. The quantitative estimate of drug-likeness (QED) is 0.491. The summed E-state index contributed by atoms with van der Waals surface area (Å²) in [4.78, 5) is 12.2. The van der Waals surface area contributed by atoms with Crippen LogP contribution in [0.2, 0.25) is 5.02 Å². The summed E-state index contributed by atoms with van der Waals surface area (Å²) < 4.78 is 16.2. The van der Waals surface area contributed by atoms with Crippen LogP contribution in [0.5, 0.6) is 11.5 Å². The first kappa shape index (κ1) is 16.0. The molecule has 2 heterocycles. The standard InChI is InChI=1S/C17H11ClN2O4S/c18-12-4-2-1-3-11(12)13(21)8-25-17-20-19-16(24-17)10-5-6-14-15(7-10)23-9-22-14/h1-7H,8-9H2. The Morgan fingerprint density at radius 3 is 2.84 bits per heavy atom. The maximum atomic E-state index is 12.2. The van der Waals surface area contributed by atoms with Gasteiger partial charge in [0.15, 0.2) is 17.3 Å². The molecule has 0 amide bonds. The van der Waals surface area contributed by atoms with Gasteiger partial charge in [0, 0.05) is 11.1 Å². The summed E-state index contributed by atoms with van der Waals surface area (Å²) in [5, 5.41) is 8.72. The lowest BCUT2D eigenvalue weighted by Gasteiger charge is -2.01. The number of benzene rings is 2. The van der Waals surface area contributed by atoms with E-state index in [2.05, 4.69) is 10.2 Å². The van der Waals surface area contributed by atoms with Gasteiger partial charge in [-0.3, -0.25) is 4.79 Å². The molecule has 2 aromatic carbocycles. The van der Waals surface area contributed by atoms with Crippen LogP contribution in [0.15, 0.2) is 52.1 Å². The molecule has 0 N–H and O–H groups in total. The molecule has 0 radical (unpaired) electrons. The Labute approximate surface area is 152 Å². The smallest absolute Gasteiger partial charge is 0.277 e. The van der Waals surface area contributed by atoms with E-state index in [1.807, 2.05) is 6.07 Å². The third-order valence-corrected chi connectivity index (χ3v) is 4.68. The van der Waals surface area contributed by atoms with Crippen LogP contribution in [-0.2, 0) is 0 Å². The van der Waals surface area contributed by atoms with Crippen molar-refractivity contribution >= 4 is 29.1 Å². The monoisotopic (exact) mass is 374 g/mol. The zero-order valence-electron chi connectivity index (χ0n) is 12.8. The summed E-state index contributed by atoms with van der Waals surface area (Å²) in [6.45, 7) is 0.202. The zero-order valence-corrected chi connectivity index (χ0v) is 14.3. The molecule has 126 valence electrons. The number of hydrogen-bond donors (Lipinski definition) is 0. The van der Waals surface area contributed by atoms with Crippen LogP contribution < -0.4 is 9.47 Å². The van der Waals surface area contributed by atoms with E-state index in [0.717, 1.165) is 5.56 Å². The van der Waals surface area contributed by atoms with Crippen molar-refractivity contribution in [2.24, 2.45) is 0 Å². The maximum absolute atomic E-state index is 12.2. The molecule has 0 bridgehead atoms. The number of nitrogens with zero attached hydrogens (tertiary/aromatic N) is 2. The van der Waals surface area contributed by atoms with Crippen LogP contribution in [0.1, 0.15) is 10.4 Å². The third kappa shape index (κ3) is 3.33. The number of ether oxygens (including phenoxy) is 2. The first-order valence-corrected chi connectivity index (χ1v) is 8.71. The number of fused-ring (bicyclic) bond motifs is 1. The van der Waals surface area contributed by atoms with Gasteiger partial charge in [0.1, 0.15) is 0 Å². The average molecular weight is 375 g/mol. The molecule has 0 aliphatic carbocycles. The predicted molar refractivity (Wildman–Crippen MR) is 92.4 cm³/mol. The summed E-state index contributed by atoms with van der Waals surface area (Å²) in [6.07, 6.45) is 0. The van der Waals surface area contributed by atoms with Gasteiger partial charge in [0.25, 0.3) is 5.22 Å². The Morgan fingerprint density at radius 2 is 1.96 bits per heavy atom. The van der Waals surface area contributed by atoms with Gasteiger partial charge in [0.2, 0.25) is 12.7 Å². The Kier molecular flexibility index (Phi) is 4.33. The molecule has 0 unspecified atom stereocenters. The first-order valence-electron chi connectivity index (χ1n) is 7.35. The van der Waals surface area contributed by atoms with Gasteiger partial charge in [-0.15, -0.1) is 10.2 Å². The molecule has 1 aliphatic rings. The van der Waals surface area contributed by atoms with Crippen LogP contribution in [0.25, 0.3) is 11.5 Å². The number of Topliss-reactive ketones (excluding diaryl/α,β-unsaturated/α-hetero) is 1. The van der Waals surface area contributed by atoms with Crippen LogP contribution in [-0.4, -0.2) is 28.5 Å². The number of halogens is 1. The molecule has 1 aromatic heterocycles. The molecule has 0 saturated heterocycles. The van der Waals surface area contributed by atoms with Gasteiger partial charge in [-0.1, -0.05) is 35.5 Å². The molecular formula is C17H11ClN2O4S. The van der Waals surface area contributed by atoms with Crippen LogP contribution in [0.3, 0.4) is 0 Å². The minimum Gasteiger partial charge on any atom is -0.454 e. The molecule has 3 aromatic rings. The second-order valence-electron chi connectivity index (χ2n) is 5.13. The van der Waals surface area contributed by atoms with Gasteiger partial charge in [0.05, 0.1) is 10.8 Å².